The number of aliphatic carboxylic acids is 1. The Balaban J connectivity index is 1.74. The van der Waals surface area contributed by atoms with Gasteiger partial charge in [-0.15, -0.1) is 0 Å². The first-order chi connectivity index (χ1) is 12.1. The molecule has 2 aliphatic rings. The number of carbonyl (C=O) groups is 3. The summed E-state index contributed by atoms with van der Waals surface area (Å²) in [6, 6.07) is 6.66. The lowest BCUT2D eigenvalue weighted by Crippen LogP contribution is -2.42. The average molecular weight is 344 g/mol. The fourth-order valence-electron chi connectivity index (χ4n) is 3.76. The first-order valence-corrected chi connectivity index (χ1v) is 9.00. The summed E-state index contributed by atoms with van der Waals surface area (Å²) >= 11 is 0. The Morgan fingerprint density at radius 1 is 1.12 bits per heavy atom. The lowest BCUT2D eigenvalue weighted by Gasteiger charge is -2.23. The second-order valence-electron chi connectivity index (χ2n) is 6.86. The Morgan fingerprint density at radius 3 is 2.64 bits per heavy atom. The minimum Gasteiger partial charge on any atom is -0.481 e. The third kappa shape index (κ3) is 4.00. The van der Waals surface area contributed by atoms with Gasteiger partial charge in [-0.25, -0.2) is 0 Å². The van der Waals surface area contributed by atoms with Gasteiger partial charge in [0.05, 0.1) is 5.92 Å². The van der Waals surface area contributed by atoms with Crippen LogP contribution in [0.5, 0.6) is 0 Å². The molecule has 1 aromatic rings. The van der Waals surface area contributed by atoms with Crippen molar-refractivity contribution in [2.45, 2.75) is 51.0 Å². The molecule has 0 radical (unpaired) electrons. The molecule has 6 heteroatoms. The van der Waals surface area contributed by atoms with Gasteiger partial charge in [-0.3, -0.25) is 14.4 Å². The van der Waals surface area contributed by atoms with Gasteiger partial charge < -0.3 is 15.3 Å². The molecule has 1 saturated heterocycles. The molecule has 6 nitrogen and oxygen atoms in total. The quantitative estimate of drug-likeness (QED) is 0.822. The Hall–Kier alpha value is -2.37. The van der Waals surface area contributed by atoms with Crippen molar-refractivity contribution in [2.75, 3.05) is 11.4 Å². The van der Waals surface area contributed by atoms with E-state index in [1.54, 1.807) is 23.1 Å². The van der Waals surface area contributed by atoms with E-state index in [2.05, 4.69) is 5.32 Å². The smallest absolute Gasteiger partial charge is 0.308 e. The standard InChI is InChI=1S/C19H24N2O4/c22-17-10-5-11-21(17)14-7-4-6-13(12-14)18(23)20-16-9-3-1-2-8-15(16)19(24)25/h4,6-7,12,15-16H,1-3,5,8-11H2,(H,20,23)(H,24,25)/t15-,16+/m1/s1. The molecule has 25 heavy (non-hydrogen) atoms. The van der Waals surface area contributed by atoms with Gasteiger partial charge in [0.15, 0.2) is 0 Å². The first kappa shape index (κ1) is 17.5. The highest BCUT2D eigenvalue weighted by molar-refractivity contribution is 5.99. The predicted octanol–water partition coefficient (Wildman–Crippen LogP) is 2.58. The zero-order valence-electron chi connectivity index (χ0n) is 14.2. The van der Waals surface area contributed by atoms with E-state index in [1.807, 2.05) is 6.07 Å². The van der Waals surface area contributed by atoms with Crippen LogP contribution in [0, 0.1) is 5.92 Å². The number of nitrogens with zero attached hydrogens (tertiary/aromatic N) is 1. The Kier molecular flexibility index (Phi) is 5.36. The SMILES string of the molecule is O=C(N[C@H]1CCCCC[C@H]1C(=O)O)c1cccc(N2CCCC2=O)c1. The molecule has 1 heterocycles. The number of hydrogen-bond acceptors (Lipinski definition) is 3. The van der Waals surface area contributed by atoms with Crippen LogP contribution in [0.4, 0.5) is 5.69 Å². The zero-order valence-corrected chi connectivity index (χ0v) is 14.2. The number of hydrogen-bond donors (Lipinski definition) is 2. The summed E-state index contributed by atoms with van der Waals surface area (Å²) in [5.41, 5.74) is 1.19. The molecule has 134 valence electrons. The number of nitrogens with one attached hydrogen (secondary N) is 1. The molecule has 1 aliphatic carbocycles. The summed E-state index contributed by atoms with van der Waals surface area (Å²) in [7, 11) is 0. The zero-order chi connectivity index (χ0) is 17.8. The molecule has 2 fully saturated rings. The molecule has 1 aromatic carbocycles. The Morgan fingerprint density at radius 2 is 1.92 bits per heavy atom. The van der Waals surface area contributed by atoms with Gasteiger partial charge >= 0.3 is 5.97 Å². The van der Waals surface area contributed by atoms with E-state index in [-0.39, 0.29) is 17.9 Å². The lowest BCUT2D eigenvalue weighted by atomic mass is 9.94. The summed E-state index contributed by atoms with van der Waals surface area (Å²) in [5, 5.41) is 12.4. The van der Waals surface area contributed by atoms with Crippen molar-refractivity contribution < 1.29 is 19.5 Å². The summed E-state index contributed by atoms with van der Waals surface area (Å²) in [6.07, 6.45) is 5.47. The summed E-state index contributed by atoms with van der Waals surface area (Å²) in [4.78, 5) is 37.7. The molecular formula is C19H24N2O4. The highest BCUT2D eigenvalue weighted by Crippen LogP contribution is 2.25. The Bertz CT molecular complexity index is 673. The molecule has 1 aliphatic heterocycles. The van der Waals surface area contributed by atoms with Crippen LogP contribution in [0.15, 0.2) is 24.3 Å². The van der Waals surface area contributed by atoms with Crippen LogP contribution < -0.4 is 10.2 Å². The molecule has 0 bridgehead atoms. The second-order valence-corrected chi connectivity index (χ2v) is 6.86. The fraction of sp³-hybridized carbons (Fsp3) is 0.526. The highest BCUT2D eigenvalue weighted by Gasteiger charge is 2.31. The Labute approximate surface area is 147 Å². The topological polar surface area (TPSA) is 86.7 Å². The van der Waals surface area contributed by atoms with Crippen LogP contribution >= 0.6 is 0 Å². The highest BCUT2D eigenvalue weighted by atomic mass is 16.4. The fourth-order valence-corrected chi connectivity index (χ4v) is 3.76. The maximum atomic E-state index is 12.6. The van der Waals surface area contributed by atoms with Crippen LogP contribution in [0.25, 0.3) is 0 Å². The molecule has 0 aromatic heterocycles. The molecular weight excluding hydrogens is 320 g/mol. The average Bonchev–Trinajstić information content (AvgIpc) is 2.89. The largest absolute Gasteiger partial charge is 0.481 e. The van der Waals surface area contributed by atoms with Crippen molar-refractivity contribution in [3.63, 3.8) is 0 Å². The van der Waals surface area contributed by atoms with Crippen LogP contribution in [0.2, 0.25) is 0 Å². The number of carbonyl (C=O) groups excluding carboxylic acids is 2. The minimum absolute atomic E-state index is 0.0762. The summed E-state index contributed by atoms with van der Waals surface area (Å²) in [5.74, 6) is -1.57. The monoisotopic (exact) mass is 344 g/mol. The van der Waals surface area contributed by atoms with E-state index in [0.717, 1.165) is 31.4 Å². The van der Waals surface area contributed by atoms with Crippen molar-refractivity contribution in [3.05, 3.63) is 29.8 Å². The van der Waals surface area contributed by atoms with E-state index in [4.69, 9.17) is 0 Å². The van der Waals surface area contributed by atoms with Crippen LogP contribution in [0.1, 0.15) is 55.3 Å². The third-order valence-corrected chi connectivity index (χ3v) is 5.14. The van der Waals surface area contributed by atoms with Gasteiger partial charge in [0.25, 0.3) is 5.91 Å². The maximum Gasteiger partial charge on any atom is 0.308 e. The van der Waals surface area contributed by atoms with Gasteiger partial charge in [-0.1, -0.05) is 25.3 Å². The van der Waals surface area contributed by atoms with Gasteiger partial charge in [0.1, 0.15) is 0 Å². The van der Waals surface area contributed by atoms with E-state index < -0.39 is 11.9 Å². The molecule has 0 unspecified atom stereocenters. The van der Waals surface area contributed by atoms with Crippen molar-refractivity contribution in [2.24, 2.45) is 5.92 Å². The molecule has 3 rings (SSSR count). The third-order valence-electron chi connectivity index (χ3n) is 5.14. The number of anilines is 1. The lowest BCUT2D eigenvalue weighted by molar-refractivity contribution is -0.142. The number of carboxylic acids is 1. The number of benzene rings is 1. The van der Waals surface area contributed by atoms with Crippen molar-refractivity contribution in [1.29, 1.82) is 0 Å². The van der Waals surface area contributed by atoms with E-state index in [0.29, 0.717) is 31.4 Å². The van der Waals surface area contributed by atoms with Gasteiger partial charge in [-0.05, 0) is 37.5 Å². The first-order valence-electron chi connectivity index (χ1n) is 9.00. The number of carboxylic acid groups (broad SMARTS) is 1. The van der Waals surface area contributed by atoms with Crippen molar-refractivity contribution >= 4 is 23.5 Å². The van der Waals surface area contributed by atoms with Crippen molar-refractivity contribution in [3.8, 4) is 0 Å². The number of rotatable bonds is 4. The number of amides is 2. The molecule has 1 saturated carbocycles. The van der Waals surface area contributed by atoms with Gasteiger partial charge in [-0.2, -0.15) is 0 Å². The second kappa shape index (κ2) is 7.68. The van der Waals surface area contributed by atoms with Gasteiger partial charge in [0, 0.05) is 30.3 Å². The van der Waals surface area contributed by atoms with Crippen LogP contribution in [0.3, 0.4) is 0 Å². The summed E-state index contributed by atoms with van der Waals surface area (Å²) < 4.78 is 0. The molecule has 0 spiro atoms. The van der Waals surface area contributed by atoms with E-state index >= 15 is 0 Å². The molecule has 2 amide bonds. The summed E-state index contributed by atoms with van der Waals surface area (Å²) in [6.45, 7) is 0.674. The molecule has 2 N–H and O–H groups in total. The van der Waals surface area contributed by atoms with E-state index in [9.17, 15) is 19.5 Å². The maximum absolute atomic E-state index is 12.6. The van der Waals surface area contributed by atoms with Crippen LogP contribution in [-0.2, 0) is 9.59 Å². The van der Waals surface area contributed by atoms with E-state index in [1.165, 1.54) is 0 Å². The van der Waals surface area contributed by atoms with Crippen molar-refractivity contribution in [1.82, 2.24) is 5.32 Å². The minimum atomic E-state index is -0.844. The molecule has 2 atom stereocenters. The normalized spacial score (nSPS) is 24.0. The predicted molar refractivity (Wildman–Crippen MR) is 93.5 cm³/mol. The van der Waals surface area contributed by atoms with Crippen LogP contribution in [-0.4, -0.2) is 35.5 Å². The van der Waals surface area contributed by atoms with Gasteiger partial charge in [0.2, 0.25) is 5.91 Å².